The van der Waals surface area contributed by atoms with E-state index < -0.39 is 6.10 Å². The largest absolute Gasteiger partial charge is 0.481 e. The van der Waals surface area contributed by atoms with Crippen molar-refractivity contribution in [2.45, 2.75) is 20.0 Å². The Hall–Kier alpha value is -4.38. The quantitative estimate of drug-likeness (QED) is 0.346. The molecule has 5 heteroatoms. The van der Waals surface area contributed by atoms with Crippen LogP contribution in [0.25, 0.3) is 11.1 Å². The Kier molecular flexibility index (Phi) is 7.04. The molecule has 0 heterocycles. The molecule has 1 atom stereocenters. The van der Waals surface area contributed by atoms with Gasteiger partial charge in [0.2, 0.25) is 0 Å². The van der Waals surface area contributed by atoms with Crippen molar-refractivity contribution in [2.75, 3.05) is 10.6 Å². The molecule has 0 saturated heterocycles. The number of nitrogens with one attached hydrogen (secondary N) is 2. The standard InChI is InChI=1S/C29H26N2O3/c1-20-26(14-9-15-27(20)31-29(33)24-12-7-4-8-13-24)30-28(32)21(2)34-25-18-16-23(17-19-25)22-10-5-3-6-11-22/h3-19,21H,1-2H3,(H,30,32)(H,31,33). The van der Waals surface area contributed by atoms with Crippen molar-refractivity contribution < 1.29 is 14.3 Å². The number of carbonyl (C=O) groups excluding carboxylic acids is 2. The molecule has 0 radical (unpaired) electrons. The first-order valence-corrected chi connectivity index (χ1v) is 11.1. The summed E-state index contributed by atoms with van der Waals surface area (Å²) in [5.74, 6) is 0.132. The lowest BCUT2D eigenvalue weighted by atomic mass is 10.1. The summed E-state index contributed by atoms with van der Waals surface area (Å²) in [6.07, 6.45) is -0.704. The summed E-state index contributed by atoms with van der Waals surface area (Å²) in [6, 6.07) is 32.1. The van der Waals surface area contributed by atoms with Crippen LogP contribution in [0.2, 0.25) is 0 Å². The van der Waals surface area contributed by atoms with E-state index in [0.717, 1.165) is 16.7 Å². The summed E-state index contributed by atoms with van der Waals surface area (Å²) in [7, 11) is 0. The van der Waals surface area contributed by atoms with Gasteiger partial charge in [0.05, 0.1) is 0 Å². The van der Waals surface area contributed by atoms with E-state index >= 15 is 0 Å². The second-order valence-electron chi connectivity index (χ2n) is 7.94. The fourth-order valence-electron chi connectivity index (χ4n) is 3.54. The lowest BCUT2D eigenvalue weighted by molar-refractivity contribution is -0.122. The van der Waals surface area contributed by atoms with Crippen LogP contribution in [-0.2, 0) is 4.79 Å². The van der Waals surface area contributed by atoms with Crippen molar-refractivity contribution in [3.8, 4) is 16.9 Å². The predicted octanol–water partition coefficient (Wildman–Crippen LogP) is 6.32. The number of amides is 2. The van der Waals surface area contributed by atoms with Gasteiger partial charge in [-0.25, -0.2) is 0 Å². The second-order valence-corrected chi connectivity index (χ2v) is 7.94. The molecule has 0 aliphatic heterocycles. The number of benzene rings is 4. The molecule has 0 aliphatic carbocycles. The van der Waals surface area contributed by atoms with Gasteiger partial charge in [0.25, 0.3) is 11.8 Å². The van der Waals surface area contributed by atoms with Crippen LogP contribution in [0.15, 0.2) is 103 Å². The van der Waals surface area contributed by atoms with Gasteiger partial charge in [0.15, 0.2) is 6.10 Å². The van der Waals surface area contributed by atoms with E-state index in [4.69, 9.17) is 4.74 Å². The first-order valence-electron chi connectivity index (χ1n) is 11.1. The normalized spacial score (nSPS) is 11.4. The van der Waals surface area contributed by atoms with Crippen LogP contribution in [0.5, 0.6) is 5.75 Å². The molecule has 0 aliphatic rings. The molecule has 170 valence electrons. The molecule has 0 bridgehead atoms. The average molecular weight is 451 g/mol. The molecule has 5 nitrogen and oxygen atoms in total. The monoisotopic (exact) mass is 450 g/mol. The van der Waals surface area contributed by atoms with Crippen LogP contribution < -0.4 is 15.4 Å². The van der Waals surface area contributed by atoms with Crippen LogP contribution in [0, 0.1) is 6.92 Å². The molecule has 34 heavy (non-hydrogen) atoms. The molecule has 4 rings (SSSR count). The van der Waals surface area contributed by atoms with Crippen molar-refractivity contribution in [2.24, 2.45) is 0 Å². The Bertz CT molecular complexity index is 1270. The highest BCUT2D eigenvalue weighted by atomic mass is 16.5. The second kappa shape index (κ2) is 10.5. The maximum absolute atomic E-state index is 12.8. The lowest BCUT2D eigenvalue weighted by Gasteiger charge is -2.17. The highest BCUT2D eigenvalue weighted by Gasteiger charge is 2.17. The third-order valence-corrected chi connectivity index (χ3v) is 5.52. The minimum atomic E-state index is -0.704. The van der Waals surface area contributed by atoms with Gasteiger partial charge in [-0.1, -0.05) is 66.7 Å². The van der Waals surface area contributed by atoms with Crippen LogP contribution >= 0.6 is 0 Å². The number of rotatable bonds is 7. The van der Waals surface area contributed by atoms with Crippen molar-refractivity contribution in [1.82, 2.24) is 0 Å². The summed E-state index contributed by atoms with van der Waals surface area (Å²) in [4.78, 5) is 25.3. The van der Waals surface area contributed by atoms with Crippen molar-refractivity contribution in [3.63, 3.8) is 0 Å². The molecule has 2 amide bonds. The fraction of sp³-hybridized carbons (Fsp3) is 0.103. The van der Waals surface area contributed by atoms with E-state index in [1.165, 1.54) is 0 Å². The number of ether oxygens (including phenoxy) is 1. The van der Waals surface area contributed by atoms with Crippen LogP contribution in [-0.4, -0.2) is 17.9 Å². The van der Waals surface area contributed by atoms with Gasteiger partial charge in [0, 0.05) is 16.9 Å². The van der Waals surface area contributed by atoms with E-state index in [1.54, 1.807) is 37.3 Å². The lowest BCUT2D eigenvalue weighted by Crippen LogP contribution is -2.30. The third-order valence-electron chi connectivity index (χ3n) is 5.52. The summed E-state index contributed by atoms with van der Waals surface area (Å²) < 4.78 is 5.85. The van der Waals surface area contributed by atoms with Gasteiger partial charge in [-0.15, -0.1) is 0 Å². The number of anilines is 2. The Morgan fingerprint density at radius 2 is 1.24 bits per heavy atom. The first-order chi connectivity index (χ1) is 16.5. The van der Waals surface area contributed by atoms with Gasteiger partial charge in [0.1, 0.15) is 5.75 Å². The Balaban J connectivity index is 1.39. The molecule has 0 saturated carbocycles. The Labute approximate surface area is 199 Å². The van der Waals surface area contributed by atoms with Crippen molar-refractivity contribution in [1.29, 1.82) is 0 Å². The van der Waals surface area contributed by atoms with Gasteiger partial charge in [-0.3, -0.25) is 9.59 Å². The van der Waals surface area contributed by atoms with E-state index in [1.807, 2.05) is 79.7 Å². The molecule has 0 spiro atoms. The van der Waals surface area contributed by atoms with E-state index in [9.17, 15) is 9.59 Å². The molecule has 4 aromatic rings. The summed E-state index contributed by atoms with van der Waals surface area (Å²) in [5.41, 5.74) is 4.78. The maximum atomic E-state index is 12.8. The van der Waals surface area contributed by atoms with Gasteiger partial charge < -0.3 is 15.4 Å². The summed E-state index contributed by atoms with van der Waals surface area (Å²) >= 11 is 0. The van der Waals surface area contributed by atoms with E-state index in [-0.39, 0.29) is 11.8 Å². The van der Waals surface area contributed by atoms with Crippen LogP contribution in [0.1, 0.15) is 22.8 Å². The molecular weight excluding hydrogens is 424 g/mol. The van der Waals surface area contributed by atoms with Crippen LogP contribution in [0.3, 0.4) is 0 Å². The number of carbonyl (C=O) groups is 2. The predicted molar refractivity (Wildman–Crippen MR) is 136 cm³/mol. The molecule has 4 aromatic carbocycles. The Morgan fingerprint density at radius 1 is 0.676 bits per heavy atom. The number of hydrogen-bond donors (Lipinski definition) is 2. The fourth-order valence-corrected chi connectivity index (χ4v) is 3.54. The number of hydrogen-bond acceptors (Lipinski definition) is 3. The third kappa shape index (κ3) is 5.51. The summed E-state index contributed by atoms with van der Waals surface area (Å²) in [6.45, 7) is 3.56. The molecule has 0 aromatic heterocycles. The zero-order valence-corrected chi connectivity index (χ0v) is 19.1. The van der Waals surface area contributed by atoms with E-state index in [2.05, 4.69) is 10.6 Å². The van der Waals surface area contributed by atoms with E-state index in [0.29, 0.717) is 22.7 Å². The minimum Gasteiger partial charge on any atom is -0.481 e. The molecular formula is C29H26N2O3. The maximum Gasteiger partial charge on any atom is 0.265 e. The topological polar surface area (TPSA) is 67.4 Å². The SMILES string of the molecule is Cc1c(NC(=O)c2ccccc2)cccc1NC(=O)C(C)Oc1ccc(-c2ccccc2)cc1. The highest BCUT2D eigenvalue weighted by molar-refractivity contribution is 6.05. The average Bonchev–Trinajstić information content (AvgIpc) is 2.88. The van der Waals surface area contributed by atoms with Gasteiger partial charge in [-0.2, -0.15) is 0 Å². The first kappa shape index (κ1) is 22.8. The zero-order chi connectivity index (χ0) is 23.9. The highest BCUT2D eigenvalue weighted by Crippen LogP contribution is 2.25. The zero-order valence-electron chi connectivity index (χ0n) is 19.1. The smallest absolute Gasteiger partial charge is 0.265 e. The van der Waals surface area contributed by atoms with Crippen LogP contribution in [0.4, 0.5) is 11.4 Å². The van der Waals surface area contributed by atoms with Crippen molar-refractivity contribution >= 4 is 23.2 Å². The van der Waals surface area contributed by atoms with Gasteiger partial charge in [-0.05, 0) is 66.9 Å². The van der Waals surface area contributed by atoms with Crippen molar-refractivity contribution in [3.05, 3.63) is 114 Å². The van der Waals surface area contributed by atoms with Gasteiger partial charge >= 0.3 is 0 Å². The minimum absolute atomic E-state index is 0.206. The molecule has 1 unspecified atom stereocenters. The Morgan fingerprint density at radius 3 is 1.88 bits per heavy atom. The molecule has 0 fully saturated rings. The molecule has 2 N–H and O–H groups in total. The summed E-state index contributed by atoms with van der Waals surface area (Å²) in [5, 5.41) is 5.81.